The van der Waals surface area contributed by atoms with E-state index in [0.29, 0.717) is 11.3 Å². The first kappa shape index (κ1) is 32.5. The molecule has 0 spiro atoms. The van der Waals surface area contributed by atoms with Gasteiger partial charge >= 0.3 is 110 Å². The minimum absolute atomic E-state index is 0. The van der Waals surface area contributed by atoms with E-state index in [4.69, 9.17) is 13.5 Å². The molecule has 1 radical (unpaired) electrons. The fourth-order valence-corrected chi connectivity index (χ4v) is 8.52. The molecule has 0 unspecified atom stereocenters. The number of aryl methyl sites for hydroxylation is 2. The van der Waals surface area contributed by atoms with Crippen molar-refractivity contribution in [1.82, 2.24) is 19.5 Å². The van der Waals surface area contributed by atoms with Crippen LogP contribution in [0.25, 0.3) is 72.6 Å². The van der Waals surface area contributed by atoms with Crippen molar-refractivity contribution in [2.24, 2.45) is 0 Å². The van der Waals surface area contributed by atoms with Gasteiger partial charge in [-0.2, -0.15) is 0 Å². The molecule has 0 bridgehead atoms. The van der Waals surface area contributed by atoms with Crippen molar-refractivity contribution in [1.29, 1.82) is 0 Å². The van der Waals surface area contributed by atoms with Gasteiger partial charge in [0.2, 0.25) is 5.71 Å². The molecule has 0 aliphatic heterocycles. The van der Waals surface area contributed by atoms with E-state index >= 15 is 0 Å². The van der Waals surface area contributed by atoms with E-state index in [-0.39, 0.29) is 20.1 Å². The summed E-state index contributed by atoms with van der Waals surface area (Å²) in [6, 6.07) is 50.7. The van der Waals surface area contributed by atoms with Crippen molar-refractivity contribution in [3.05, 3.63) is 163 Å². The van der Waals surface area contributed by atoms with Crippen LogP contribution in [-0.2, 0) is 20.1 Å². The zero-order valence-electron chi connectivity index (χ0n) is 32.8. The minimum atomic E-state index is -2.08. The summed E-state index contributed by atoms with van der Waals surface area (Å²) in [6.45, 7) is -0.107. The molecule has 0 aliphatic rings. The van der Waals surface area contributed by atoms with E-state index in [9.17, 15) is 0 Å². The topological polar surface area (TPSA) is 56.7 Å². The number of hydrogen-bond acceptors (Lipinski definition) is 4. The Labute approximate surface area is 330 Å². The predicted molar refractivity (Wildman–Crippen MR) is 217 cm³/mol. The van der Waals surface area contributed by atoms with Crippen molar-refractivity contribution in [3.63, 3.8) is 0 Å². The van der Waals surface area contributed by atoms with Crippen molar-refractivity contribution < 1.29 is 28.6 Å². The maximum atomic E-state index is 7.35. The van der Waals surface area contributed by atoms with Crippen LogP contribution in [0.15, 0.2) is 144 Å². The third kappa shape index (κ3) is 7.40. The van der Waals surface area contributed by atoms with Crippen LogP contribution < -0.4 is 4.40 Å². The predicted octanol–water partition coefficient (Wildman–Crippen LogP) is 11.2. The van der Waals surface area contributed by atoms with Crippen LogP contribution in [0.1, 0.15) is 15.4 Å². The van der Waals surface area contributed by atoms with Gasteiger partial charge in [-0.25, -0.2) is 4.98 Å². The second-order valence-corrected chi connectivity index (χ2v) is 24.5. The van der Waals surface area contributed by atoms with Gasteiger partial charge in [0.1, 0.15) is 0 Å². The average Bonchev–Trinajstić information content (AvgIpc) is 3.76. The largest absolute Gasteiger partial charge is 0 e. The third-order valence-electron chi connectivity index (χ3n) is 9.17. The molecule has 4 aromatic heterocycles. The van der Waals surface area contributed by atoms with Crippen molar-refractivity contribution in [2.75, 3.05) is 0 Å². The first-order chi connectivity index (χ1) is 26.4. The number of nitrogens with zero attached hydrogens (tertiary/aromatic N) is 4. The van der Waals surface area contributed by atoms with Gasteiger partial charge in [-0.15, -0.1) is 18.2 Å². The maximum Gasteiger partial charge on any atom is 0 e. The second-order valence-electron chi connectivity index (χ2n) is 13.8. The van der Waals surface area contributed by atoms with E-state index in [2.05, 4.69) is 111 Å². The molecule has 5 aromatic carbocycles. The number of fused-ring (bicyclic) bond motifs is 4. The molecule has 0 saturated carbocycles. The average molecular weight is 931 g/mol. The molecule has 0 aliphatic carbocycles. The SMILES string of the molecule is Cc1ccc2c(n1)oc1c(-c3nc4ccccc4n3-c3ccc(-c4ccccc4)cc3)[c-]ccc12.[2H]C([2H])([2H])c1c[c-]c(-c2cc[c]([Ge]([CH3])([CH3])[CH3])cn2)cc1.[Ir]. The smallest absolute Gasteiger partial charge is 0 e. The summed E-state index contributed by atoms with van der Waals surface area (Å²) in [5, 5.41) is 2.01. The number of aromatic nitrogens is 4. The first-order valence-electron chi connectivity index (χ1n) is 18.8. The Morgan fingerprint density at radius 2 is 1.51 bits per heavy atom. The summed E-state index contributed by atoms with van der Waals surface area (Å²) >= 11 is -1.83. The molecule has 0 amide bonds. The monoisotopic (exact) mass is 932 g/mol. The van der Waals surface area contributed by atoms with E-state index < -0.39 is 20.1 Å². The molecule has 9 rings (SSSR count). The van der Waals surface area contributed by atoms with Gasteiger partial charge in [0.15, 0.2) is 0 Å². The fraction of sp³-hybridized carbons (Fsp3) is 0.109. The quantitative estimate of drug-likeness (QED) is 0.127. The summed E-state index contributed by atoms with van der Waals surface area (Å²) < 4.78 is 31.9. The Morgan fingerprint density at radius 3 is 2.23 bits per heavy atom. The molecule has 0 N–H and O–H groups in total. The molecule has 9 aromatic rings. The van der Waals surface area contributed by atoms with Gasteiger partial charge in [0, 0.05) is 36.9 Å². The molecule has 53 heavy (non-hydrogen) atoms. The zero-order chi connectivity index (χ0) is 38.3. The number of hydrogen-bond donors (Lipinski definition) is 0. The zero-order valence-corrected chi connectivity index (χ0v) is 34.3. The Bertz CT molecular complexity index is 2720. The van der Waals surface area contributed by atoms with Gasteiger partial charge in [0.05, 0.1) is 22.4 Å². The molecule has 0 saturated heterocycles. The number of para-hydroxylation sites is 2. The number of furan rings is 1. The first-order valence-corrected chi connectivity index (χ1v) is 24.6. The molecule has 0 atom stereocenters. The van der Waals surface area contributed by atoms with Gasteiger partial charge in [-0.1, -0.05) is 65.5 Å². The van der Waals surface area contributed by atoms with Crippen LogP contribution in [0.5, 0.6) is 0 Å². The summed E-state index contributed by atoms with van der Waals surface area (Å²) in [5.41, 5.74) is 10.4. The van der Waals surface area contributed by atoms with Crippen LogP contribution >= 0.6 is 0 Å². The van der Waals surface area contributed by atoms with Gasteiger partial charge in [-0.05, 0) is 54.4 Å². The van der Waals surface area contributed by atoms with Crippen molar-refractivity contribution in [3.8, 4) is 39.5 Å². The Morgan fingerprint density at radius 1 is 0.736 bits per heavy atom. The van der Waals surface area contributed by atoms with E-state index in [1.807, 2.05) is 61.7 Å². The van der Waals surface area contributed by atoms with Crippen LogP contribution in [0.2, 0.25) is 17.3 Å². The number of pyridine rings is 2. The number of benzene rings is 5. The van der Waals surface area contributed by atoms with E-state index in [1.165, 1.54) is 21.6 Å². The summed E-state index contributed by atoms with van der Waals surface area (Å²) in [6.07, 6.45) is 1.95. The Hall–Kier alpha value is -5.14. The normalized spacial score (nSPS) is 12.4. The summed E-state index contributed by atoms with van der Waals surface area (Å²) in [4.78, 5) is 14.1. The molecule has 4 heterocycles. The van der Waals surface area contributed by atoms with E-state index in [1.54, 1.807) is 12.1 Å². The minimum Gasteiger partial charge on any atom is 0 e. The fourth-order valence-electron chi connectivity index (χ4n) is 6.35. The van der Waals surface area contributed by atoms with Crippen LogP contribution in [0, 0.1) is 25.9 Å². The van der Waals surface area contributed by atoms with Gasteiger partial charge < -0.3 is 8.98 Å². The van der Waals surface area contributed by atoms with Crippen molar-refractivity contribution >= 4 is 50.8 Å². The van der Waals surface area contributed by atoms with Gasteiger partial charge in [-0.3, -0.25) is 4.98 Å². The van der Waals surface area contributed by atoms with Crippen LogP contribution in [0.3, 0.4) is 0 Å². The number of rotatable bonds is 5. The van der Waals surface area contributed by atoms with E-state index in [0.717, 1.165) is 61.4 Å². The van der Waals surface area contributed by atoms with Crippen molar-refractivity contribution in [2.45, 2.75) is 31.0 Å². The molecular weight excluding hydrogens is 889 g/mol. The Balaban J connectivity index is 0.000000197. The molecule has 5 nitrogen and oxygen atoms in total. The summed E-state index contributed by atoms with van der Waals surface area (Å²) in [5.74, 6) is 7.77. The third-order valence-corrected chi connectivity index (χ3v) is 13.4. The number of imidazole rings is 1. The molecular formula is C46H38GeIrN4O-2. The molecule has 0 fully saturated rings. The molecule has 7 heteroatoms. The van der Waals surface area contributed by atoms with Crippen LogP contribution in [0.4, 0.5) is 0 Å². The summed E-state index contributed by atoms with van der Waals surface area (Å²) in [7, 11) is 0. The Kier molecular flexibility index (Phi) is 9.25. The van der Waals surface area contributed by atoms with Gasteiger partial charge in [0.25, 0.3) is 0 Å². The second kappa shape index (κ2) is 15.1. The standard InChI is InChI=1S/C31H20N3O.C15H18GeN.Ir/c1-20-14-19-25-24-10-7-11-26(29(24)35-31(25)32-20)30-33-27-12-5-6-13-28(27)34(30)23-17-15-22(16-18-23)21-8-3-2-4-9-21;1-12-5-7-13(8-6-12)15-10-9-14(11-17-15)16(2,3)4;/h2-10,12-19H,1H3;5-7,9-11H,1-4H3;/q2*-1;/i;1D3;. The maximum absolute atomic E-state index is 7.35. The van der Waals surface area contributed by atoms with Crippen LogP contribution in [-0.4, -0.2) is 32.8 Å². The molecule has 263 valence electrons.